The monoisotopic (exact) mass is 467 g/mol. The van der Waals surface area contributed by atoms with Gasteiger partial charge in [0.25, 0.3) is 5.69 Å². The summed E-state index contributed by atoms with van der Waals surface area (Å²) >= 11 is 0. The Kier molecular flexibility index (Phi) is 8.15. The van der Waals surface area contributed by atoms with Gasteiger partial charge in [-0.25, -0.2) is 9.59 Å². The molecular weight excluding hydrogens is 438 g/mol. The van der Waals surface area contributed by atoms with Gasteiger partial charge in [-0.1, -0.05) is 39.3 Å². The largest absolute Gasteiger partial charge is 0.458 e. The number of carbonyl (C=O) groups is 3. The third-order valence-electron chi connectivity index (χ3n) is 6.32. The van der Waals surface area contributed by atoms with Crippen molar-refractivity contribution in [3.05, 3.63) is 75.3 Å². The molecule has 3 rings (SSSR count). The number of nitro groups is 1. The standard InChI is InChI=1S/C26H29NO7/c1-16(2)20-13-8-17(3)14-24(20)34-26(30)22-7-5-4-6-21(22)25(29)33-15-23(28)18-9-11-19(12-10-18)27(31)32/h4-7,9-12,16-17,20,24H,8,13-15H2,1-3H3/t17-,20-,24+/m0/s1. The maximum Gasteiger partial charge on any atom is 0.339 e. The quantitative estimate of drug-likeness (QED) is 0.225. The average Bonchev–Trinajstić information content (AvgIpc) is 2.82. The molecule has 0 saturated heterocycles. The van der Waals surface area contributed by atoms with Crippen LogP contribution in [0.25, 0.3) is 0 Å². The summed E-state index contributed by atoms with van der Waals surface area (Å²) in [5.74, 6) is -0.827. The van der Waals surface area contributed by atoms with E-state index in [1.54, 1.807) is 12.1 Å². The van der Waals surface area contributed by atoms with Gasteiger partial charge in [-0.2, -0.15) is 0 Å². The Balaban J connectivity index is 1.67. The number of nitro benzene ring substituents is 1. The number of nitrogens with zero attached hydrogens (tertiary/aromatic N) is 1. The van der Waals surface area contributed by atoms with E-state index in [4.69, 9.17) is 9.47 Å². The zero-order valence-electron chi connectivity index (χ0n) is 19.6. The topological polar surface area (TPSA) is 113 Å². The molecule has 8 nitrogen and oxygen atoms in total. The van der Waals surface area contributed by atoms with Crippen LogP contribution in [0.15, 0.2) is 48.5 Å². The van der Waals surface area contributed by atoms with Crippen molar-refractivity contribution in [3.8, 4) is 0 Å². The van der Waals surface area contributed by atoms with Crippen molar-refractivity contribution >= 4 is 23.4 Å². The minimum atomic E-state index is -0.819. The van der Waals surface area contributed by atoms with Gasteiger partial charge in [0, 0.05) is 17.7 Å². The molecule has 0 radical (unpaired) electrons. The fourth-order valence-electron chi connectivity index (χ4n) is 4.35. The van der Waals surface area contributed by atoms with E-state index in [2.05, 4.69) is 20.8 Å². The molecule has 0 aliphatic heterocycles. The summed E-state index contributed by atoms with van der Waals surface area (Å²) in [6.07, 6.45) is 2.66. The Morgan fingerprint density at radius 1 is 1.00 bits per heavy atom. The van der Waals surface area contributed by atoms with Crippen LogP contribution in [-0.2, 0) is 9.47 Å². The maximum absolute atomic E-state index is 13.0. The van der Waals surface area contributed by atoms with E-state index >= 15 is 0 Å². The lowest BCUT2D eigenvalue weighted by atomic mass is 9.75. The maximum atomic E-state index is 13.0. The first-order valence-corrected chi connectivity index (χ1v) is 11.4. The first kappa shape index (κ1) is 25.1. The second kappa shape index (κ2) is 11.0. The molecule has 0 aromatic heterocycles. The average molecular weight is 468 g/mol. The minimum Gasteiger partial charge on any atom is -0.458 e. The van der Waals surface area contributed by atoms with Crippen LogP contribution in [0.3, 0.4) is 0 Å². The Bertz CT molecular complexity index is 1060. The van der Waals surface area contributed by atoms with Crippen molar-refractivity contribution in [2.75, 3.05) is 6.61 Å². The number of esters is 2. The Morgan fingerprint density at radius 3 is 2.21 bits per heavy atom. The van der Waals surface area contributed by atoms with Crippen LogP contribution in [0.4, 0.5) is 5.69 Å². The van der Waals surface area contributed by atoms with E-state index in [9.17, 15) is 24.5 Å². The number of hydrogen-bond acceptors (Lipinski definition) is 7. The van der Waals surface area contributed by atoms with E-state index in [1.807, 2.05) is 0 Å². The number of benzene rings is 2. The van der Waals surface area contributed by atoms with Gasteiger partial charge in [0.1, 0.15) is 6.10 Å². The third kappa shape index (κ3) is 6.07. The number of hydrogen-bond donors (Lipinski definition) is 0. The molecule has 0 N–H and O–H groups in total. The molecule has 8 heteroatoms. The van der Waals surface area contributed by atoms with Gasteiger partial charge in [-0.05, 0) is 54.9 Å². The van der Waals surface area contributed by atoms with Crippen molar-refractivity contribution in [2.24, 2.45) is 17.8 Å². The second-order valence-corrected chi connectivity index (χ2v) is 9.12. The molecule has 0 bridgehead atoms. The number of Topliss-reactive ketones (excluding diaryl/α,β-unsaturated/α-hetero) is 1. The molecular formula is C26H29NO7. The van der Waals surface area contributed by atoms with Crippen LogP contribution < -0.4 is 0 Å². The van der Waals surface area contributed by atoms with Crippen molar-refractivity contribution in [3.63, 3.8) is 0 Å². The molecule has 1 aliphatic carbocycles. The Morgan fingerprint density at radius 2 is 1.62 bits per heavy atom. The number of rotatable bonds is 8. The van der Waals surface area contributed by atoms with Crippen LogP contribution in [0.1, 0.15) is 71.1 Å². The molecule has 34 heavy (non-hydrogen) atoms. The molecule has 1 aliphatic rings. The van der Waals surface area contributed by atoms with Gasteiger partial charge in [0.15, 0.2) is 12.4 Å². The summed E-state index contributed by atoms with van der Waals surface area (Å²) in [5.41, 5.74) is 0.148. The molecule has 0 unspecified atom stereocenters. The first-order valence-electron chi connectivity index (χ1n) is 11.4. The van der Waals surface area contributed by atoms with Crippen molar-refractivity contribution < 1.29 is 28.8 Å². The van der Waals surface area contributed by atoms with E-state index < -0.39 is 29.3 Å². The van der Waals surface area contributed by atoms with Crippen molar-refractivity contribution in [1.82, 2.24) is 0 Å². The molecule has 2 aromatic rings. The van der Waals surface area contributed by atoms with Crippen LogP contribution >= 0.6 is 0 Å². The van der Waals surface area contributed by atoms with E-state index in [0.29, 0.717) is 11.8 Å². The normalized spacial score (nSPS) is 19.9. The highest BCUT2D eigenvalue weighted by Crippen LogP contribution is 2.35. The summed E-state index contributed by atoms with van der Waals surface area (Å²) in [6.45, 7) is 5.82. The predicted octanol–water partition coefficient (Wildman–Crippen LogP) is 5.25. The summed E-state index contributed by atoms with van der Waals surface area (Å²) in [7, 11) is 0. The molecule has 0 spiro atoms. The fourth-order valence-corrected chi connectivity index (χ4v) is 4.35. The molecule has 0 amide bonds. The minimum absolute atomic E-state index is 0.0222. The van der Waals surface area contributed by atoms with Crippen molar-refractivity contribution in [2.45, 2.75) is 46.1 Å². The smallest absolute Gasteiger partial charge is 0.339 e. The number of ketones is 1. The molecule has 0 heterocycles. The lowest BCUT2D eigenvalue weighted by Crippen LogP contribution is -2.36. The highest BCUT2D eigenvalue weighted by molar-refractivity contribution is 6.04. The van der Waals surface area contributed by atoms with Gasteiger partial charge in [0.2, 0.25) is 0 Å². The zero-order chi connectivity index (χ0) is 24.8. The number of ether oxygens (including phenoxy) is 2. The fraction of sp³-hybridized carbons (Fsp3) is 0.423. The first-order chi connectivity index (χ1) is 16.2. The van der Waals surface area contributed by atoms with E-state index in [1.165, 1.54) is 36.4 Å². The summed E-state index contributed by atoms with van der Waals surface area (Å²) in [5, 5.41) is 10.7. The highest BCUT2D eigenvalue weighted by atomic mass is 16.6. The van der Waals surface area contributed by atoms with Crippen LogP contribution in [0.5, 0.6) is 0 Å². The van der Waals surface area contributed by atoms with Crippen LogP contribution in [0, 0.1) is 27.9 Å². The Hall–Kier alpha value is -3.55. The van der Waals surface area contributed by atoms with Crippen molar-refractivity contribution in [1.29, 1.82) is 0 Å². The third-order valence-corrected chi connectivity index (χ3v) is 6.32. The van der Waals surface area contributed by atoms with E-state index in [0.717, 1.165) is 19.3 Å². The zero-order valence-corrected chi connectivity index (χ0v) is 19.6. The Labute approximate surface area is 198 Å². The number of carbonyl (C=O) groups excluding carboxylic acids is 3. The van der Waals surface area contributed by atoms with E-state index in [-0.39, 0.29) is 34.4 Å². The van der Waals surface area contributed by atoms with Gasteiger partial charge in [-0.3, -0.25) is 14.9 Å². The molecule has 1 saturated carbocycles. The molecule has 1 fully saturated rings. The summed E-state index contributed by atoms with van der Waals surface area (Å²) in [6, 6.07) is 11.2. The number of non-ortho nitro benzene ring substituents is 1. The SMILES string of the molecule is CC(C)[C@@H]1CC[C@H](C)C[C@H]1OC(=O)c1ccccc1C(=O)OCC(=O)c1ccc([N+](=O)[O-])cc1. The summed E-state index contributed by atoms with van der Waals surface area (Å²) in [4.78, 5) is 48.2. The molecule has 3 atom stereocenters. The highest BCUT2D eigenvalue weighted by Gasteiger charge is 2.34. The van der Waals surface area contributed by atoms with Gasteiger partial charge in [-0.15, -0.1) is 0 Å². The van der Waals surface area contributed by atoms with Gasteiger partial charge >= 0.3 is 11.9 Å². The van der Waals surface area contributed by atoms with Gasteiger partial charge in [0.05, 0.1) is 16.1 Å². The lowest BCUT2D eigenvalue weighted by molar-refractivity contribution is -0.384. The summed E-state index contributed by atoms with van der Waals surface area (Å²) < 4.78 is 11.0. The second-order valence-electron chi connectivity index (χ2n) is 9.12. The predicted molar refractivity (Wildman–Crippen MR) is 125 cm³/mol. The van der Waals surface area contributed by atoms with Crippen LogP contribution in [-0.4, -0.2) is 35.4 Å². The van der Waals surface area contributed by atoms with Gasteiger partial charge < -0.3 is 9.47 Å². The molecule has 180 valence electrons. The van der Waals surface area contributed by atoms with Crippen LogP contribution in [0.2, 0.25) is 0 Å². The lowest BCUT2D eigenvalue weighted by Gasteiger charge is -2.36. The molecule has 2 aromatic carbocycles.